The number of carbonyl (C=O) groups excluding carboxylic acids is 1. The summed E-state index contributed by atoms with van der Waals surface area (Å²) in [6.07, 6.45) is 0. The zero-order valence-electron chi connectivity index (χ0n) is 14.4. The summed E-state index contributed by atoms with van der Waals surface area (Å²) in [6, 6.07) is 11.6. The van der Waals surface area contributed by atoms with Crippen LogP contribution in [0.5, 0.6) is 5.75 Å². The Hall–Kier alpha value is -2.64. The zero-order chi connectivity index (χ0) is 19.1. The number of methoxy groups -OCH3 is 1. The molecule has 4 rings (SSSR count). The Labute approximate surface area is 163 Å². The van der Waals surface area contributed by atoms with Gasteiger partial charge in [-0.3, -0.25) is 9.59 Å². The number of aliphatic hydroxyl groups excluding tert-OH is 1. The topological polar surface area (TPSA) is 80.0 Å². The second-order valence-electron chi connectivity index (χ2n) is 6.22. The van der Waals surface area contributed by atoms with E-state index in [0.717, 1.165) is 10.0 Å². The first-order chi connectivity index (χ1) is 13.0. The van der Waals surface area contributed by atoms with Crippen molar-refractivity contribution in [3.63, 3.8) is 0 Å². The van der Waals surface area contributed by atoms with Crippen LogP contribution >= 0.6 is 15.9 Å². The Morgan fingerprint density at radius 1 is 1.22 bits per heavy atom. The molecule has 27 heavy (non-hydrogen) atoms. The van der Waals surface area contributed by atoms with Gasteiger partial charge in [-0.05, 0) is 35.9 Å². The van der Waals surface area contributed by atoms with Crippen LogP contribution in [0.2, 0.25) is 0 Å². The van der Waals surface area contributed by atoms with Crippen molar-refractivity contribution < 1.29 is 19.1 Å². The largest absolute Gasteiger partial charge is 0.497 e. The van der Waals surface area contributed by atoms with Crippen LogP contribution in [-0.4, -0.2) is 36.2 Å². The van der Waals surface area contributed by atoms with Crippen LogP contribution in [0.1, 0.15) is 27.7 Å². The quantitative estimate of drug-likeness (QED) is 0.688. The summed E-state index contributed by atoms with van der Waals surface area (Å²) in [7, 11) is 1.55. The molecule has 0 aliphatic carbocycles. The third-order valence-electron chi connectivity index (χ3n) is 4.68. The lowest BCUT2D eigenvalue weighted by Crippen LogP contribution is -2.32. The Bertz CT molecular complexity index is 1110. The maximum absolute atomic E-state index is 13.3. The highest BCUT2D eigenvalue weighted by molar-refractivity contribution is 9.10. The molecule has 1 N–H and O–H groups in total. The highest BCUT2D eigenvalue weighted by atomic mass is 79.9. The molecular formula is C20H16BrNO5. The molecule has 0 saturated carbocycles. The van der Waals surface area contributed by atoms with Gasteiger partial charge in [-0.1, -0.05) is 28.1 Å². The van der Waals surface area contributed by atoms with E-state index < -0.39 is 11.9 Å². The molecule has 1 aliphatic heterocycles. The predicted molar refractivity (Wildman–Crippen MR) is 103 cm³/mol. The van der Waals surface area contributed by atoms with Crippen molar-refractivity contribution in [3.05, 3.63) is 74.0 Å². The van der Waals surface area contributed by atoms with Crippen LogP contribution in [0, 0.1) is 0 Å². The van der Waals surface area contributed by atoms with Gasteiger partial charge in [0.2, 0.25) is 5.76 Å². The van der Waals surface area contributed by atoms with Gasteiger partial charge in [0, 0.05) is 11.0 Å². The van der Waals surface area contributed by atoms with Gasteiger partial charge in [0.25, 0.3) is 5.91 Å². The summed E-state index contributed by atoms with van der Waals surface area (Å²) >= 11 is 3.37. The van der Waals surface area contributed by atoms with Crippen LogP contribution in [0.3, 0.4) is 0 Å². The molecule has 0 fully saturated rings. The first-order valence-electron chi connectivity index (χ1n) is 8.37. The molecule has 0 bridgehead atoms. The fourth-order valence-corrected chi connectivity index (χ4v) is 3.85. The summed E-state index contributed by atoms with van der Waals surface area (Å²) in [5, 5.41) is 9.85. The molecule has 0 saturated heterocycles. The number of benzene rings is 2. The van der Waals surface area contributed by atoms with Gasteiger partial charge in [0.05, 0.1) is 30.7 Å². The number of hydrogen-bond donors (Lipinski definition) is 1. The number of halogens is 1. The average Bonchev–Trinajstić information content (AvgIpc) is 2.95. The van der Waals surface area contributed by atoms with E-state index in [1.807, 2.05) is 6.07 Å². The molecule has 1 amide bonds. The first-order valence-corrected chi connectivity index (χ1v) is 9.16. The molecule has 1 aliphatic rings. The second-order valence-corrected chi connectivity index (χ2v) is 7.13. The number of fused-ring (bicyclic) bond motifs is 2. The van der Waals surface area contributed by atoms with Crippen molar-refractivity contribution in [2.45, 2.75) is 6.04 Å². The number of rotatable bonds is 4. The standard InChI is InChI=1S/C20H16BrNO5/c1-26-13-4-2-3-11(9-13)17-16-18(24)14-10-12(21)5-6-15(14)27-19(16)20(25)22(17)7-8-23/h2-6,9-10,17,23H,7-8H2,1H3. The molecule has 2 aromatic carbocycles. The van der Waals surface area contributed by atoms with Crippen molar-refractivity contribution in [2.75, 3.05) is 20.3 Å². The minimum absolute atomic E-state index is 0.0242. The van der Waals surface area contributed by atoms with Gasteiger partial charge in [-0.2, -0.15) is 0 Å². The molecule has 0 spiro atoms. The number of aliphatic hydroxyl groups is 1. The van der Waals surface area contributed by atoms with Gasteiger partial charge >= 0.3 is 0 Å². The Morgan fingerprint density at radius 2 is 2.04 bits per heavy atom. The maximum atomic E-state index is 13.3. The SMILES string of the molecule is COc1cccc(C2c3c(oc4ccc(Br)cc4c3=O)C(=O)N2CCO)c1. The summed E-state index contributed by atoms with van der Waals surface area (Å²) in [5.41, 5.74) is 1.10. The predicted octanol–water partition coefficient (Wildman–Crippen LogP) is 3.10. The average molecular weight is 430 g/mol. The molecule has 2 heterocycles. The van der Waals surface area contributed by atoms with Crippen LogP contribution in [0.15, 0.2) is 56.1 Å². The Kier molecular flexibility index (Phi) is 4.49. The zero-order valence-corrected chi connectivity index (χ0v) is 16.0. The summed E-state index contributed by atoms with van der Waals surface area (Å²) in [6.45, 7) is -0.135. The number of amides is 1. The third kappa shape index (κ3) is 2.83. The number of β-amino-alcohol motifs (C(OH)–C–C–N with tert-alkyl or cyclic N) is 1. The van der Waals surface area contributed by atoms with Crippen LogP contribution in [0.4, 0.5) is 0 Å². The lowest BCUT2D eigenvalue weighted by molar-refractivity contribution is 0.0691. The fraction of sp³-hybridized carbons (Fsp3) is 0.200. The first kappa shape index (κ1) is 17.8. The van der Waals surface area contributed by atoms with Gasteiger partial charge in [0.1, 0.15) is 11.3 Å². The fourth-order valence-electron chi connectivity index (χ4n) is 3.49. The van der Waals surface area contributed by atoms with Crippen molar-refractivity contribution in [1.29, 1.82) is 0 Å². The molecule has 7 heteroatoms. The van der Waals surface area contributed by atoms with Crippen LogP contribution in [-0.2, 0) is 0 Å². The minimum Gasteiger partial charge on any atom is -0.497 e. The number of hydrogen-bond acceptors (Lipinski definition) is 5. The summed E-state index contributed by atoms with van der Waals surface area (Å²) < 4.78 is 11.8. The molecule has 1 aromatic heterocycles. The van der Waals surface area contributed by atoms with Crippen molar-refractivity contribution in [2.24, 2.45) is 0 Å². The van der Waals surface area contributed by atoms with Gasteiger partial charge in [0.15, 0.2) is 5.43 Å². The van der Waals surface area contributed by atoms with E-state index in [0.29, 0.717) is 16.7 Å². The summed E-state index contributed by atoms with van der Waals surface area (Å²) in [4.78, 5) is 27.6. The van der Waals surface area contributed by atoms with Gasteiger partial charge in [-0.15, -0.1) is 0 Å². The maximum Gasteiger partial charge on any atom is 0.290 e. The Balaban J connectivity index is 2.01. The molecule has 0 radical (unpaired) electrons. The van der Waals surface area contributed by atoms with Crippen LogP contribution < -0.4 is 10.2 Å². The normalized spacial score (nSPS) is 16.0. The van der Waals surface area contributed by atoms with E-state index in [2.05, 4.69) is 15.9 Å². The number of nitrogens with zero attached hydrogens (tertiary/aromatic N) is 1. The van der Waals surface area contributed by atoms with E-state index in [4.69, 9.17) is 9.15 Å². The third-order valence-corrected chi connectivity index (χ3v) is 5.17. The minimum atomic E-state index is -0.644. The lowest BCUT2D eigenvalue weighted by Gasteiger charge is -2.24. The molecule has 6 nitrogen and oxygen atoms in total. The molecule has 1 atom stereocenters. The number of carbonyl (C=O) groups is 1. The highest BCUT2D eigenvalue weighted by Gasteiger charge is 2.42. The van der Waals surface area contributed by atoms with Crippen LogP contribution in [0.25, 0.3) is 11.0 Å². The molecule has 1 unspecified atom stereocenters. The van der Waals surface area contributed by atoms with E-state index in [1.165, 1.54) is 4.90 Å². The Morgan fingerprint density at radius 3 is 2.78 bits per heavy atom. The van der Waals surface area contributed by atoms with Crippen molar-refractivity contribution in [1.82, 2.24) is 4.90 Å². The van der Waals surface area contributed by atoms with E-state index in [-0.39, 0.29) is 29.9 Å². The van der Waals surface area contributed by atoms with Crippen molar-refractivity contribution >= 4 is 32.8 Å². The smallest absolute Gasteiger partial charge is 0.290 e. The molecule has 138 valence electrons. The molecule has 3 aromatic rings. The second kappa shape index (κ2) is 6.83. The van der Waals surface area contributed by atoms with Gasteiger partial charge < -0.3 is 19.2 Å². The van der Waals surface area contributed by atoms with E-state index in [1.54, 1.807) is 43.5 Å². The van der Waals surface area contributed by atoms with Gasteiger partial charge in [-0.25, -0.2) is 0 Å². The van der Waals surface area contributed by atoms with E-state index >= 15 is 0 Å². The lowest BCUT2D eigenvalue weighted by atomic mass is 9.98. The monoisotopic (exact) mass is 429 g/mol. The number of ether oxygens (including phenoxy) is 1. The molecular weight excluding hydrogens is 414 g/mol. The summed E-state index contributed by atoms with van der Waals surface area (Å²) in [5.74, 6) is 0.232. The highest BCUT2D eigenvalue weighted by Crippen LogP contribution is 2.38. The van der Waals surface area contributed by atoms with Crippen molar-refractivity contribution in [3.8, 4) is 5.75 Å². The van der Waals surface area contributed by atoms with E-state index in [9.17, 15) is 14.7 Å².